The lowest BCUT2D eigenvalue weighted by Gasteiger charge is -2.17. The standard InChI is InChI=1S/C16H18N4O5/c1-17-14-11-8(9-3-2-4-24-9)5-20(15(11)19-7-18-14)16-13(23)12(22)10(6-21)25-16/h2-5,7,10,12-13,16,21-23H,6H2,1H3,(H,17,18,19)/t10-,12-,13-,16-/m1/s1. The molecule has 25 heavy (non-hydrogen) atoms. The lowest BCUT2D eigenvalue weighted by molar-refractivity contribution is -0.0508. The number of hydrogen-bond donors (Lipinski definition) is 4. The maximum absolute atomic E-state index is 10.3. The first-order valence-electron chi connectivity index (χ1n) is 7.85. The second-order valence-corrected chi connectivity index (χ2v) is 5.83. The summed E-state index contributed by atoms with van der Waals surface area (Å²) in [6.07, 6.45) is 0.550. The lowest BCUT2D eigenvalue weighted by Crippen LogP contribution is -2.33. The van der Waals surface area contributed by atoms with Gasteiger partial charge in [-0.1, -0.05) is 0 Å². The molecule has 4 rings (SSSR count). The lowest BCUT2D eigenvalue weighted by atomic mass is 10.1. The second kappa shape index (κ2) is 6.12. The highest BCUT2D eigenvalue weighted by atomic mass is 16.6. The summed E-state index contributed by atoms with van der Waals surface area (Å²) >= 11 is 0. The van der Waals surface area contributed by atoms with Crippen molar-refractivity contribution in [1.82, 2.24) is 14.5 Å². The van der Waals surface area contributed by atoms with Crippen LogP contribution in [0.4, 0.5) is 5.82 Å². The van der Waals surface area contributed by atoms with E-state index in [4.69, 9.17) is 9.15 Å². The van der Waals surface area contributed by atoms with Crippen LogP contribution in [0.25, 0.3) is 22.4 Å². The zero-order valence-electron chi connectivity index (χ0n) is 13.4. The number of hydrogen-bond acceptors (Lipinski definition) is 8. The summed E-state index contributed by atoms with van der Waals surface area (Å²) in [4.78, 5) is 8.54. The van der Waals surface area contributed by atoms with Crippen molar-refractivity contribution in [3.8, 4) is 11.3 Å². The molecule has 0 aliphatic carbocycles. The largest absolute Gasteiger partial charge is 0.464 e. The Hall–Kier alpha value is -2.46. The summed E-state index contributed by atoms with van der Waals surface area (Å²) in [5.74, 6) is 1.21. The molecular weight excluding hydrogens is 328 g/mol. The average Bonchev–Trinajstić information content (AvgIpc) is 3.34. The molecule has 132 valence electrons. The van der Waals surface area contributed by atoms with E-state index in [0.29, 0.717) is 22.6 Å². The van der Waals surface area contributed by atoms with Gasteiger partial charge < -0.3 is 34.4 Å². The molecule has 4 N–H and O–H groups in total. The number of anilines is 1. The Morgan fingerprint density at radius 3 is 2.76 bits per heavy atom. The highest BCUT2D eigenvalue weighted by Crippen LogP contribution is 2.38. The Kier molecular flexibility index (Phi) is 3.92. The molecule has 1 aliphatic rings. The summed E-state index contributed by atoms with van der Waals surface area (Å²) in [5.41, 5.74) is 1.24. The van der Waals surface area contributed by atoms with Gasteiger partial charge >= 0.3 is 0 Å². The van der Waals surface area contributed by atoms with Gasteiger partial charge in [0.2, 0.25) is 0 Å². The van der Waals surface area contributed by atoms with Crippen molar-refractivity contribution >= 4 is 16.9 Å². The van der Waals surface area contributed by atoms with Crippen molar-refractivity contribution in [2.24, 2.45) is 0 Å². The third-order valence-electron chi connectivity index (χ3n) is 4.42. The predicted molar refractivity (Wildman–Crippen MR) is 87.8 cm³/mol. The molecule has 0 spiro atoms. The molecule has 1 saturated heterocycles. The van der Waals surface area contributed by atoms with E-state index >= 15 is 0 Å². The number of furan rings is 1. The molecule has 9 nitrogen and oxygen atoms in total. The van der Waals surface area contributed by atoms with Crippen LogP contribution < -0.4 is 5.32 Å². The number of nitrogens with one attached hydrogen (secondary N) is 1. The number of ether oxygens (including phenoxy) is 1. The molecule has 3 aromatic rings. The van der Waals surface area contributed by atoms with Gasteiger partial charge in [0.25, 0.3) is 0 Å². The predicted octanol–water partition coefficient (Wildman–Crippen LogP) is 0.344. The van der Waals surface area contributed by atoms with Gasteiger partial charge in [0, 0.05) is 18.8 Å². The summed E-state index contributed by atoms with van der Waals surface area (Å²) < 4.78 is 12.8. The third-order valence-corrected chi connectivity index (χ3v) is 4.42. The molecule has 4 heterocycles. The van der Waals surface area contributed by atoms with Crippen LogP contribution in [0.5, 0.6) is 0 Å². The van der Waals surface area contributed by atoms with E-state index in [1.165, 1.54) is 6.33 Å². The van der Waals surface area contributed by atoms with Crippen LogP contribution in [0.3, 0.4) is 0 Å². The Morgan fingerprint density at radius 1 is 1.28 bits per heavy atom. The van der Waals surface area contributed by atoms with Gasteiger partial charge in [0.1, 0.15) is 41.9 Å². The maximum atomic E-state index is 10.3. The average molecular weight is 346 g/mol. The summed E-state index contributed by atoms with van der Waals surface area (Å²) in [6.45, 7) is -0.393. The first kappa shape index (κ1) is 16.0. The monoisotopic (exact) mass is 346 g/mol. The number of nitrogens with zero attached hydrogens (tertiary/aromatic N) is 3. The van der Waals surface area contributed by atoms with Crippen LogP contribution >= 0.6 is 0 Å². The maximum Gasteiger partial charge on any atom is 0.164 e. The van der Waals surface area contributed by atoms with Gasteiger partial charge in [-0.3, -0.25) is 0 Å². The van der Waals surface area contributed by atoms with Gasteiger partial charge in [-0.15, -0.1) is 0 Å². The highest BCUT2D eigenvalue weighted by molar-refractivity contribution is 6.00. The molecule has 9 heteroatoms. The number of rotatable bonds is 4. The zero-order chi connectivity index (χ0) is 17.6. The van der Waals surface area contributed by atoms with E-state index in [2.05, 4.69) is 15.3 Å². The van der Waals surface area contributed by atoms with E-state index in [1.54, 1.807) is 30.1 Å². The van der Waals surface area contributed by atoms with Crippen LogP contribution in [0.15, 0.2) is 35.3 Å². The van der Waals surface area contributed by atoms with E-state index < -0.39 is 31.1 Å². The molecule has 4 atom stereocenters. The van der Waals surface area contributed by atoms with Crippen molar-refractivity contribution < 1.29 is 24.5 Å². The van der Waals surface area contributed by atoms with Gasteiger partial charge in [-0.2, -0.15) is 0 Å². The Bertz CT molecular complexity index is 878. The fourth-order valence-corrected chi connectivity index (χ4v) is 3.20. The number of aliphatic hydroxyl groups excluding tert-OH is 3. The number of aromatic nitrogens is 3. The molecular formula is C16H18N4O5. The minimum absolute atomic E-state index is 0.393. The van der Waals surface area contributed by atoms with Gasteiger partial charge in [-0.05, 0) is 12.1 Å². The minimum atomic E-state index is -1.20. The number of fused-ring (bicyclic) bond motifs is 1. The fourth-order valence-electron chi connectivity index (χ4n) is 3.20. The molecule has 0 radical (unpaired) electrons. The highest BCUT2D eigenvalue weighted by Gasteiger charge is 2.44. The van der Waals surface area contributed by atoms with Crippen LogP contribution in [0.2, 0.25) is 0 Å². The second-order valence-electron chi connectivity index (χ2n) is 5.83. The third kappa shape index (κ3) is 2.40. The Labute approximate surface area is 142 Å². The van der Waals surface area contributed by atoms with Crippen molar-refractivity contribution in [3.63, 3.8) is 0 Å². The summed E-state index contributed by atoms with van der Waals surface area (Å²) in [7, 11) is 1.75. The normalized spacial score (nSPS) is 26.4. The van der Waals surface area contributed by atoms with Crippen LogP contribution in [-0.4, -0.2) is 61.8 Å². The topological polar surface area (TPSA) is 126 Å². The summed E-state index contributed by atoms with van der Waals surface area (Å²) in [5, 5.41) is 33.4. The molecule has 0 bridgehead atoms. The van der Waals surface area contributed by atoms with Gasteiger partial charge in [0.15, 0.2) is 6.23 Å². The molecule has 1 aliphatic heterocycles. The quantitative estimate of drug-likeness (QED) is 0.533. The molecule has 0 aromatic carbocycles. The first-order chi connectivity index (χ1) is 12.2. The van der Waals surface area contributed by atoms with Crippen molar-refractivity contribution in [2.75, 3.05) is 19.0 Å². The van der Waals surface area contributed by atoms with E-state index in [-0.39, 0.29) is 0 Å². The van der Waals surface area contributed by atoms with Crippen LogP contribution in [0, 0.1) is 0 Å². The molecule has 0 amide bonds. The van der Waals surface area contributed by atoms with Gasteiger partial charge in [0.05, 0.1) is 18.3 Å². The van der Waals surface area contributed by atoms with Crippen molar-refractivity contribution in [3.05, 3.63) is 30.9 Å². The SMILES string of the molecule is CNc1ncnc2c1c(-c1ccco1)cn2[C@@H]1O[C@H](CO)[C@@H](O)[C@H]1O. The molecule has 0 unspecified atom stereocenters. The first-order valence-corrected chi connectivity index (χ1v) is 7.85. The van der Waals surface area contributed by atoms with E-state index in [1.807, 2.05) is 6.07 Å². The molecule has 0 saturated carbocycles. The van der Waals surface area contributed by atoms with Crippen molar-refractivity contribution in [2.45, 2.75) is 24.5 Å². The summed E-state index contributed by atoms with van der Waals surface area (Å²) in [6, 6.07) is 3.58. The zero-order valence-corrected chi connectivity index (χ0v) is 13.4. The van der Waals surface area contributed by atoms with Crippen molar-refractivity contribution in [1.29, 1.82) is 0 Å². The molecule has 1 fully saturated rings. The van der Waals surface area contributed by atoms with Crippen LogP contribution in [-0.2, 0) is 4.74 Å². The van der Waals surface area contributed by atoms with Crippen LogP contribution in [0.1, 0.15) is 6.23 Å². The molecule has 3 aromatic heterocycles. The smallest absolute Gasteiger partial charge is 0.164 e. The van der Waals surface area contributed by atoms with E-state index in [9.17, 15) is 15.3 Å². The fraction of sp³-hybridized carbons (Fsp3) is 0.375. The Balaban J connectivity index is 1.91. The number of aliphatic hydroxyl groups is 3. The minimum Gasteiger partial charge on any atom is -0.464 e. The van der Waals surface area contributed by atoms with E-state index in [0.717, 1.165) is 5.56 Å². The Morgan fingerprint density at radius 2 is 2.12 bits per heavy atom. The van der Waals surface area contributed by atoms with Gasteiger partial charge in [-0.25, -0.2) is 9.97 Å².